The van der Waals surface area contributed by atoms with Crippen LogP contribution >= 0.6 is 23.4 Å². The highest BCUT2D eigenvalue weighted by Gasteiger charge is 2.28. The monoisotopic (exact) mass is 603 g/mol. The number of rotatable bonds is 10. The Kier molecular flexibility index (Phi) is 8.72. The highest BCUT2D eigenvalue weighted by molar-refractivity contribution is 7.99. The van der Waals surface area contributed by atoms with Gasteiger partial charge in [-0.25, -0.2) is 8.42 Å². The van der Waals surface area contributed by atoms with Gasteiger partial charge in [0.2, 0.25) is 5.91 Å². The molecule has 1 amide bonds. The SMILES string of the molecule is Cc1ccc(S(=O)(=O)N(Cc2nnc(SCC(=O)Nc3ccc(Cl)cc3)n2-c2ccccc2)c2ccccc2)cc1. The van der Waals surface area contributed by atoms with Crippen LogP contribution in [0.3, 0.4) is 0 Å². The Hall–Kier alpha value is -4.12. The summed E-state index contributed by atoms with van der Waals surface area (Å²) >= 11 is 7.14. The maximum atomic E-state index is 13.9. The molecular formula is C30H26ClN5O3S2. The van der Waals surface area contributed by atoms with Gasteiger partial charge in [-0.15, -0.1) is 10.2 Å². The van der Waals surface area contributed by atoms with Crippen LogP contribution in [0.2, 0.25) is 5.02 Å². The molecule has 5 rings (SSSR count). The molecule has 0 unspecified atom stereocenters. The minimum atomic E-state index is -3.95. The molecule has 5 aromatic rings. The minimum absolute atomic E-state index is 0.0671. The first-order valence-corrected chi connectivity index (χ1v) is 15.4. The van der Waals surface area contributed by atoms with Gasteiger partial charge in [0, 0.05) is 16.4 Å². The van der Waals surface area contributed by atoms with E-state index in [9.17, 15) is 13.2 Å². The van der Waals surface area contributed by atoms with Gasteiger partial charge in [-0.1, -0.05) is 77.5 Å². The van der Waals surface area contributed by atoms with E-state index in [1.54, 1.807) is 77.4 Å². The first-order valence-electron chi connectivity index (χ1n) is 12.6. The molecule has 0 aliphatic heterocycles. The Bertz CT molecular complexity index is 1730. The lowest BCUT2D eigenvalue weighted by Crippen LogP contribution is -2.31. The summed E-state index contributed by atoms with van der Waals surface area (Å²) in [5, 5.41) is 12.6. The fourth-order valence-corrected chi connectivity index (χ4v) is 6.38. The molecule has 0 aliphatic rings. The Morgan fingerprint density at radius 3 is 2.17 bits per heavy atom. The zero-order chi connectivity index (χ0) is 28.8. The number of benzene rings is 4. The van der Waals surface area contributed by atoms with Crippen LogP contribution < -0.4 is 9.62 Å². The number of aryl methyl sites for hydroxylation is 1. The topological polar surface area (TPSA) is 97.2 Å². The van der Waals surface area contributed by atoms with Crippen molar-refractivity contribution in [2.75, 3.05) is 15.4 Å². The number of carbonyl (C=O) groups is 1. The molecule has 0 aliphatic carbocycles. The van der Waals surface area contributed by atoms with E-state index in [-0.39, 0.29) is 23.1 Å². The van der Waals surface area contributed by atoms with E-state index in [4.69, 9.17) is 11.6 Å². The lowest BCUT2D eigenvalue weighted by Gasteiger charge is -2.24. The smallest absolute Gasteiger partial charge is 0.264 e. The zero-order valence-electron chi connectivity index (χ0n) is 22.0. The van der Waals surface area contributed by atoms with Crippen molar-refractivity contribution in [2.24, 2.45) is 0 Å². The third-order valence-corrected chi connectivity index (χ3v) is 9.08. The molecule has 0 fully saturated rings. The van der Waals surface area contributed by atoms with Crippen molar-refractivity contribution in [1.29, 1.82) is 0 Å². The summed E-state index contributed by atoms with van der Waals surface area (Å²) in [7, 11) is -3.95. The molecule has 41 heavy (non-hydrogen) atoms. The largest absolute Gasteiger partial charge is 0.325 e. The number of aromatic nitrogens is 3. The molecule has 8 nitrogen and oxygen atoms in total. The molecule has 0 spiro atoms. The Labute approximate surface area is 248 Å². The maximum Gasteiger partial charge on any atom is 0.264 e. The number of para-hydroxylation sites is 2. The molecule has 1 N–H and O–H groups in total. The van der Waals surface area contributed by atoms with E-state index in [1.807, 2.05) is 43.3 Å². The highest BCUT2D eigenvalue weighted by Crippen LogP contribution is 2.29. The van der Waals surface area contributed by atoms with Gasteiger partial charge >= 0.3 is 0 Å². The maximum absolute atomic E-state index is 13.9. The van der Waals surface area contributed by atoms with E-state index >= 15 is 0 Å². The molecule has 0 atom stereocenters. The van der Waals surface area contributed by atoms with Crippen molar-refractivity contribution >= 4 is 50.7 Å². The number of nitrogens with one attached hydrogen (secondary N) is 1. The van der Waals surface area contributed by atoms with Crippen molar-refractivity contribution < 1.29 is 13.2 Å². The van der Waals surface area contributed by atoms with Gasteiger partial charge in [-0.05, 0) is 67.6 Å². The van der Waals surface area contributed by atoms with Crippen molar-refractivity contribution in [3.8, 4) is 5.69 Å². The summed E-state index contributed by atoms with van der Waals surface area (Å²) in [6, 6.07) is 31.9. The first kappa shape index (κ1) is 28.4. The molecular weight excluding hydrogens is 578 g/mol. The first-order chi connectivity index (χ1) is 19.8. The normalized spacial score (nSPS) is 11.3. The van der Waals surface area contributed by atoms with E-state index in [0.29, 0.717) is 27.4 Å². The van der Waals surface area contributed by atoms with Gasteiger partial charge < -0.3 is 5.32 Å². The van der Waals surface area contributed by atoms with Gasteiger partial charge in [-0.2, -0.15) is 0 Å². The number of hydrogen-bond donors (Lipinski definition) is 1. The van der Waals surface area contributed by atoms with Crippen LogP contribution in [0.4, 0.5) is 11.4 Å². The Balaban J connectivity index is 1.47. The predicted octanol–water partition coefficient (Wildman–Crippen LogP) is 6.36. The summed E-state index contributed by atoms with van der Waals surface area (Å²) in [4.78, 5) is 12.9. The van der Waals surface area contributed by atoms with Crippen LogP contribution in [0, 0.1) is 6.92 Å². The molecule has 1 heterocycles. The highest BCUT2D eigenvalue weighted by atomic mass is 35.5. The molecule has 1 aromatic heterocycles. The molecule has 0 bridgehead atoms. The Morgan fingerprint density at radius 2 is 1.51 bits per heavy atom. The zero-order valence-corrected chi connectivity index (χ0v) is 24.4. The third kappa shape index (κ3) is 6.79. The van der Waals surface area contributed by atoms with Crippen LogP contribution in [-0.4, -0.2) is 34.8 Å². The number of hydrogen-bond acceptors (Lipinski definition) is 6. The fraction of sp³-hybridized carbons (Fsp3) is 0.100. The van der Waals surface area contributed by atoms with Gasteiger partial charge in [0.25, 0.3) is 10.0 Å². The average Bonchev–Trinajstić information content (AvgIpc) is 3.39. The summed E-state index contributed by atoms with van der Waals surface area (Å²) in [5.41, 5.74) is 2.83. The second kappa shape index (κ2) is 12.6. The van der Waals surface area contributed by atoms with Crippen LogP contribution in [0.15, 0.2) is 119 Å². The summed E-state index contributed by atoms with van der Waals surface area (Å²) in [5.74, 6) is 0.239. The fourth-order valence-electron chi connectivity index (χ4n) is 4.07. The number of thioether (sulfide) groups is 1. The lowest BCUT2D eigenvalue weighted by molar-refractivity contribution is -0.113. The molecule has 0 saturated carbocycles. The molecule has 0 saturated heterocycles. The molecule has 0 radical (unpaired) electrons. The van der Waals surface area contributed by atoms with Crippen LogP contribution in [0.1, 0.15) is 11.4 Å². The van der Waals surface area contributed by atoms with Gasteiger partial charge in [0.15, 0.2) is 11.0 Å². The number of halogens is 1. The van der Waals surface area contributed by atoms with E-state index in [1.165, 1.54) is 16.1 Å². The second-order valence-corrected chi connectivity index (χ2v) is 12.3. The van der Waals surface area contributed by atoms with Crippen molar-refractivity contribution in [1.82, 2.24) is 14.8 Å². The summed E-state index contributed by atoms with van der Waals surface area (Å²) < 4.78 is 30.9. The quantitative estimate of drug-likeness (QED) is 0.187. The molecule has 11 heteroatoms. The van der Waals surface area contributed by atoms with Gasteiger partial charge in [-0.3, -0.25) is 13.7 Å². The van der Waals surface area contributed by atoms with Gasteiger partial charge in [0.05, 0.1) is 22.9 Å². The van der Waals surface area contributed by atoms with Crippen LogP contribution in [-0.2, 0) is 21.4 Å². The summed E-state index contributed by atoms with van der Waals surface area (Å²) in [6.07, 6.45) is 0. The number of amides is 1. The van der Waals surface area contributed by atoms with Crippen LogP contribution in [0.5, 0.6) is 0 Å². The van der Waals surface area contributed by atoms with Crippen molar-refractivity contribution in [3.63, 3.8) is 0 Å². The van der Waals surface area contributed by atoms with Gasteiger partial charge in [0.1, 0.15) is 0 Å². The molecule has 4 aromatic carbocycles. The lowest BCUT2D eigenvalue weighted by atomic mass is 10.2. The van der Waals surface area contributed by atoms with Crippen molar-refractivity contribution in [3.05, 3.63) is 126 Å². The van der Waals surface area contributed by atoms with E-state index in [0.717, 1.165) is 11.3 Å². The Morgan fingerprint density at radius 1 is 0.878 bits per heavy atom. The minimum Gasteiger partial charge on any atom is -0.325 e. The number of anilines is 2. The number of nitrogens with zero attached hydrogens (tertiary/aromatic N) is 4. The van der Waals surface area contributed by atoms with E-state index in [2.05, 4.69) is 15.5 Å². The third-order valence-electron chi connectivity index (χ3n) is 6.11. The van der Waals surface area contributed by atoms with Crippen molar-refractivity contribution in [2.45, 2.75) is 23.5 Å². The standard InChI is InChI=1S/C30H26ClN5O3S2/c1-22-12-18-27(19-13-22)41(38,39)35(25-8-4-2-5-9-25)20-28-33-34-30(36(28)26-10-6-3-7-11-26)40-21-29(37)32-24-16-14-23(31)15-17-24/h2-19H,20-21H2,1H3,(H,32,37). The van der Waals surface area contributed by atoms with E-state index < -0.39 is 10.0 Å². The van der Waals surface area contributed by atoms with Crippen LogP contribution in [0.25, 0.3) is 5.69 Å². The number of sulfonamides is 1. The number of carbonyl (C=O) groups excluding carboxylic acids is 1. The second-order valence-electron chi connectivity index (χ2n) is 9.07. The predicted molar refractivity (Wildman–Crippen MR) is 163 cm³/mol. The molecule has 208 valence electrons. The summed E-state index contributed by atoms with van der Waals surface area (Å²) in [6.45, 7) is 1.82. The average molecular weight is 604 g/mol.